The van der Waals surface area contributed by atoms with Crippen LogP contribution in [0.3, 0.4) is 0 Å². The molecule has 0 aliphatic rings. The number of nitrogens with one attached hydrogen (secondary N) is 1. The molecule has 0 aliphatic heterocycles. The fraction of sp³-hybridized carbons (Fsp3) is 0.273. The lowest BCUT2D eigenvalue weighted by atomic mass is 10.0. The van der Waals surface area contributed by atoms with Crippen molar-refractivity contribution in [3.05, 3.63) is 29.8 Å². The molecular formula is C11H14N2O4S. The Morgan fingerprint density at radius 3 is 2.33 bits per heavy atom. The maximum atomic E-state index is 10.4. The predicted octanol–water partition coefficient (Wildman–Crippen LogP) is 0.211. The van der Waals surface area contributed by atoms with Gasteiger partial charge in [-0.2, -0.15) is 0 Å². The first kappa shape index (κ1) is 14.4. The molecule has 98 valence electrons. The zero-order chi connectivity index (χ0) is 13.7. The van der Waals surface area contributed by atoms with E-state index in [1.54, 1.807) is 24.3 Å². The molecule has 0 bridgehead atoms. The van der Waals surface area contributed by atoms with Crippen molar-refractivity contribution < 1.29 is 20.1 Å². The number of benzene rings is 1. The van der Waals surface area contributed by atoms with E-state index in [4.69, 9.17) is 10.8 Å². The maximum absolute atomic E-state index is 10.4. The Bertz CT molecular complexity index is 435. The molecule has 0 saturated heterocycles. The number of aliphatic hydroxyl groups is 2. The number of carboxylic acids is 1. The molecular weight excluding hydrogens is 256 g/mol. The van der Waals surface area contributed by atoms with Gasteiger partial charge in [0.1, 0.15) is 6.10 Å². The number of thiocarbonyl (C=S) groups is 1. The van der Waals surface area contributed by atoms with Crippen LogP contribution in [0.4, 0.5) is 5.69 Å². The minimum atomic E-state index is -1.35. The van der Waals surface area contributed by atoms with E-state index in [0.717, 1.165) is 0 Å². The monoisotopic (exact) mass is 270 g/mol. The largest absolute Gasteiger partial charge is 0.481 e. The number of carboxylic acid groups (broad SMARTS) is 1. The molecule has 6 nitrogen and oxygen atoms in total. The lowest BCUT2D eigenvalue weighted by Gasteiger charge is -2.16. The number of hydrogen-bond donors (Lipinski definition) is 5. The van der Waals surface area contributed by atoms with Gasteiger partial charge in [-0.25, -0.2) is 0 Å². The van der Waals surface area contributed by atoms with Crippen molar-refractivity contribution in [2.45, 2.75) is 18.6 Å². The number of rotatable bonds is 5. The minimum Gasteiger partial charge on any atom is -0.481 e. The van der Waals surface area contributed by atoms with Gasteiger partial charge in [-0.1, -0.05) is 12.1 Å². The second kappa shape index (κ2) is 6.29. The highest BCUT2D eigenvalue weighted by molar-refractivity contribution is 7.80. The van der Waals surface area contributed by atoms with Gasteiger partial charge in [-0.15, -0.1) is 0 Å². The zero-order valence-corrected chi connectivity index (χ0v) is 10.2. The van der Waals surface area contributed by atoms with Gasteiger partial charge in [0.05, 0.1) is 12.5 Å². The molecule has 7 heteroatoms. The van der Waals surface area contributed by atoms with Gasteiger partial charge in [0.15, 0.2) is 5.11 Å². The summed E-state index contributed by atoms with van der Waals surface area (Å²) in [6.45, 7) is 0. The Labute approximate surface area is 109 Å². The lowest BCUT2D eigenvalue weighted by Crippen LogP contribution is -2.22. The standard InChI is InChI=1S/C11H14N2O4S/c12-11(18)13-7-3-1-6(2-4-7)10(17)8(14)5-9(15)16/h1-4,8,10,14,17H,5H2,(H,15,16)(H3,12,13,18). The highest BCUT2D eigenvalue weighted by atomic mass is 32.1. The topological polar surface area (TPSA) is 116 Å². The molecule has 0 aromatic heterocycles. The number of aliphatic carboxylic acids is 1. The highest BCUT2D eigenvalue weighted by Gasteiger charge is 2.20. The summed E-state index contributed by atoms with van der Waals surface area (Å²) in [7, 11) is 0. The van der Waals surface area contributed by atoms with Gasteiger partial charge in [0.2, 0.25) is 0 Å². The SMILES string of the molecule is NC(=S)Nc1ccc(C(O)C(O)CC(=O)O)cc1. The first-order valence-electron chi connectivity index (χ1n) is 5.14. The molecule has 2 unspecified atom stereocenters. The molecule has 1 aromatic rings. The number of nitrogens with two attached hydrogens (primary N) is 1. The smallest absolute Gasteiger partial charge is 0.306 e. The summed E-state index contributed by atoms with van der Waals surface area (Å²) in [4.78, 5) is 10.4. The third kappa shape index (κ3) is 4.28. The Hall–Kier alpha value is -1.70. The summed E-state index contributed by atoms with van der Waals surface area (Å²) in [5, 5.41) is 30.5. The summed E-state index contributed by atoms with van der Waals surface area (Å²) in [5.41, 5.74) is 6.35. The molecule has 0 heterocycles. The van der Waals surface area contributed by atoms with Crippen LogP contribution >= 0.6 is 12.2 Å². The molecule has 0 saturated carbocycles. The molecule has 2 atom stereocenters. The predicted molar refractivity (Wildman–Crippen MR) is 70.1 cm³/mol. The summed E-state index contributed by atoms with van der Waals surface area (Å²) in [6, 6.07) is 6.34. The minimum absolute atomic E-state index is 0.120. The van der Waals surface area contributed by atoms with Gasteiger partial charge in [0.25, 0.3) is 0 Å². The molecule has 18 heavy (non-hydrogen) atoms. The van der Waals surface area contributed by atoms with Crippen LogP contribution in [-0.4, -0.2) is 32.5 Å². The van der Waals surface area contributed by atoms with Gasteiger partial charge in [-0.05, 0) is 29.9 Å². The van der Waals surface area contributed by atoms with Crippen molar-refractivity contribution in [1.29, 1.82) is 0 Å². The van der Waals surface area contributed by atoms with Crippen LogP contribution in [0, 0.1) is 0 Å². The number of anilines is 1. The third-order valence-electron chi connectivity index (χ3n) is 2.27. The van der Waals surface area contributed by atoms with Crippen molar-refractivity contribution in [3.8, 4) is 0 Å². The van der Waals surface area contributed by atoms with Crippen molar-refractivity contribution in [1.82, 2.24) is 0 Å². The van der Waals surface area contributed by atoms with E-state index in [2.05, 4.69) is 17.5 Å². The van der Waals surface area contributed by atoms with E-state index >= 15 is 0 Å². The Balaban J connectivity index is 2.72. The second-order valence-electron chi connectivity index (χ2n) is 3.72. The average Bonchev–Trinajstić information content (AvgIpc) is 2.27. The molecule has 1 rings (SSSR count). The van der Waals surface area contributed by atoms with Crippen molar-refractivity contribution in [2.75, 3.05) is 5.32 Å². The summed E-state index contributed by atoms with van der Waals surface area (Å²) in [5.74, 6) is -1.17. The van der Waals surface area contributed by atoms with Crippen LogP contribution in [0.1, 0.15) is 18.1 Å². The molecule has 0 fully saturated rings. The Morgan fingerprint density at radius 1 is 1.33 bits per heavy atom. The molecule has 1 aromatic carbocycles. The first-order chi connectivity index (χ1) is 8.40. The molecule has 0 radical (unpaired) electrons. The molecule has 0 aliphatic carbocycles. The second-order valence-corrected chi connectivity index (χ2v) is 4.16. The quantitative estimate of drug-likeness (QED) is 0.486. The van der Waals surface area contributed by atoms with E-state index in [1.807, 2.05) is 0 Å². The van der Waals surface area contributed by atoms with E-state index in [9.17, 15) is 15.0 Å². The molecule has 0 spiro atoms. The lowest BCUT2D eigenvalue weighted by molar-refractivity contribution is -0.141. The van der Waals surface area contributed by atoms with E-state index in [1.165, 1.54) is 0 Å². The summed E-state index contributed by atoms with van der Waals surface area (Å²) < 4.78 is 0. The zero-order valence-electron chi connectivity index (χ0n) is 9.41. The highest BCUT2D eigenvalue weighted by Crippen LogP contribution is 2.20. The number of aliphatic hydroxyl groups excluding tert-OH is 2. The summed E-state index contributed by atoms with van der Waals surface area (Å²) in [6.07, 6.45) is -3.12. The van der Waals surface area contributed by atoms with Crippen molar-refractivity contribution >= 4 is 29.0 Å². The van der Waals surface area contributed by atoms with Crippen LogP contribution in [0.25, 0.3) is 0 Å². The van der Waals surface area contributed by atoms with E-state index in [-0.39, 0.29) is 5.11 Å². The van der Waals surface area contributed by atoms with Gasteiger partial charge >= 0.3 is 5.97 Å². The Morgan fingerprint density at radius 2 is 1.89 bits per heavy atom. The van der Waals surface area contributed by atoms with Crippen LogP contribution in [0.15, 0.2) is 24.3 Å². The van der Waals surface area contributed by atoms with Gasteiger partial charge in [0, 0.05) is 5.69 Å². The fourth-order valence-corrected chi connectivity index (χ4v) is 1.54. The van der Waals surface area contributed by atoms with Crippen LogP contribution < -0.4 is 11.1 Å². The number of carbonyl (C=O) groups is 1. The normalized spacial score (nSPS) is 13.7. The van der Waals surface area contributed by atoms with Crippen molar-refractivity contribution in [3.63, 3.8) is 0 Å². The fourth-order valence-electron chi connectivity index (χ4n) is 1.42. The average molecular weight is 270 g/mol. The van der Waals surface area contributed by atoms with E-state index < -0.39 is 24.6 Å². The number of hydrogen-bond acceptors (Lipinski definition) is 4. The van der Waals surface area contributed by atoms with Crippen LogP contribution in [0.2, 0.25) is 0 Å². The van der Waals surface area contributed by atoms with Gasteiger partial charge in [-0.3, -0.25) is 4.79 Å². The van der Waals surface area contributed by atoms with Crippen LogP contribution in [-0.2, 0) is 4.79 Å². The summed E-state index contributed by atoms with van der Waals surface area (Å²) >= 11 is 4.66. The third-order valence-corrected chi connectivity index (χ3v) is 2.37. The molecule has 6 N–H and O–H groups in total. The van der Waals surface area contributed by atoms with Crippen molar-refractivity contribution in [2.24, 2.45) is 5.73 Å². The Kier molecular flexibility index (Phi) is 5.02. The van der Waals surface area contributed by atoms with Gasteiger partial charge < -0.3 is 26.4 Å². The van der Waals surface area contributed by atoms with E-state index in [0.29, 0.717) is 11.3 Å². The first-order valence-corrected chi connectivity index (χ1v) is 5.55. The molecule has 0 amide bonds. The maximum Gasteiger partial charge on any atom is 0.306 e. The van der Waals surface area contributed by atoms with Crippen LogP contribution in [0.5, 0.6) is 0 Å².